The van der Waals surface area contributed by atoms with Gasteiger partial charge < -0.3 is 20.1 Å². The maximum absolute atomic E-state index is 12.3. The van der Waals surface area contributed by atoms with Crippen molar-refractivity contribution in [2.45, 2.75) is 76.1 Å². The van der Waals surface area contributed by atoms with E-state index in [0.29, 0.717) is 50.7 Å². The second kappa shape index (κ2) is 15.7. The van der Waals surface area contributed by atoms with Crippen molar-refractivity contribution >= 4 is 38.9 Å². The summed E-state index contributed by atoms with van der Waals surface area (Å²) >= 11 is 5.19. The van der Waals surface area contributed by atoms with Gasteiger partial charge in [-0.2, -0.15) is 0 Å². The maximum atomic E-state index is 12.3. The second-order valence-electron chi connectivity index (χ2n) is 10.5. The minimum atomic E-state index is -0.538. The summed E-state index contributed by atoms with van der Waals surface area (Å²) in [4.78, 5) is 13.4. The molecule has 0 radical (unpaired) electrons. The molecule has 0 bridgehead atoms. The molecule has 1 aromatic heterocycles. The van der Waals surface area contributed by atoms with E-state index in [2.05, 4.69) is 18.2 Å². The SMILES string of the molecule is O=C(CCC/C=C/C[C@@H]1[C@@H](CC[C@H](O)CCc2ccccc2)[C@H](O)C[C@@H]1O)Oc1ccc(-c2cc(=S)ss2)cc1. The van der Waals surface area contributed by atoms with Crippen LogP contribution in [0.5, 0.6) is 5.75 Å². The third kappa shape index (κ3) is 9.43. The second-order valence-corrected chi connectivity index (χ2v) is 13.5. The Morgan fingerprint density at radius 3 is 2.48 bits per heavy atom. The van der Waals surface area contributed by atoms with Crippen molar-refractivity contribution in [1.29, 1.82) is 0 Å². The lowest BCUT2D eigenvalue weighted by Crippen LogP contribution is -2.23. The number of hydrogen-bond donors (Lipinski definition) is 3. The van der Waals surface area contributed by atoms with E-state index in [1.807, 2.05) is 42.5 Å². The number of benzene rings is 2. The van der Waals surface area contributed by atoms with E-state index < -0.39 is 18.3 Å². The third-order valence-electron chi connectivity index (χ3n) is 7.62. The van der Waals surface area contributed by atoms with Gasteiger partial charge in [0.25, 0.3) is 0 Å². The summed E-state index contributed by atoms with van der Waals surface area (Å²) in [5, 5.41) is 31.5. The first-order valence-corrected chi connectivity index (χ1v) is 16.6. The van der Waals surface area contributed by atoms with Crippen LogP contribution >= 0.6 is 32.9 Å². The molecule has 1 aliphatic rings. The van der Waals surface area contributed by atoms with Crippen LogP contribution < -0.4 is 4.74 Å². The molecule has 5 nitrogen and oxygen atoms in total. The molecule has 40 heavy (non-hydrogen) atoms. The number of aryl methyl sites for hydroxylation is 1. The van der Waals surface area contributed by atoms with Crippen LogP contribution in [0.15, 0.2) is 72.8 Å². The predicted molar refractivity (Wildman–Crippen MR) is 165 cm³/mol. The van der Waals surface area contributed by atoms with Gasteiger partial charge in [-0.1, -0.05) is 75.4 Å². The number of esters is 1. The van der Waals surface area contributed by atoms with Gasteiger partial charge in [-0.25, -0.2) is 0 Å². The van der Waals surface area contributed by atoms with Crippen LogP contribution in [0.2, 0.25) is 0 Å². The highest BCUT2D eigenvalue weighted by Gasteiger charge is 2.40. The van der Waals surface area contributed by atoms with Gasteiger partial charge in [0, 0.05) is 11.3 Å². The topological polar surface area (TPSA) is 87.0 Å². The summed E-state index contributed by atoms with van der Waals surface area (Å²) in [6, 6.07) is 19.6. The average molecular weight is 599 g/mol. The first-order chi connectivity index (χ1) is 19.4. The van der Waals surface area contributed by atoms with E-state index >= 15 is 0 Å². The summed E-state index contributed by atoms with van der Waals surface area (Å²) in [5.41, 5.74) is 2.27. The minimum absolute atomic E-state index is 0.0203. The van der Waals surface area contributed by atoms with Crippen LogP contribution in [0.3, 0.4) is 0 Å². The number of aliphatic hydroxyl groups is 3. The van der Waals surface area contributed by atoms with Gasteiger partial charge in [-0.3, -0.25) is 4.79 Å². The molecule has 4 rings (SSSR count). The molecule has 0 saturated heterocycles. The van der Waals surface area contributed by atoms with Crippen molar-refractivity contribution in [2.24, 2.45) is 11.8 Å². The molecular formula is C32H38O5S3. The molecule has 8 heteroatoms. The zero-order valence-electron chi connectivity index (χ0n) is 22.6. The predicted octanol–water partition coefficient (Wildman–Crippen LogP) is 7.36. The van der Waals surface area contributed by atoms with Crippen molar-refractivity contribution in [3.63, 3.8) is 0 Å². The van der Waals surface area contributed by atoms with Crippen LogP contribution in [-0.2, 0) is 11.2 Å². The minimum Gasteiger partial charge on any atom is -0.427 e. The molecular weight excluding hydrogens is 561 g/mol. The first-order valence-electron chi connectivity index (χ1n) is 14.0. The summed E-state index contributed by atoms with van der Waals surface area (Å²) in [6.45, 7) is 0. The molecule has 1 saturated carbocycles. The van der Waals surface area contributed by atoms with Gasteiger partial charge in [0.2, 0.25) is 0 Å². The van der Waals surface area contributed by atoms with Crippen LogP contribution in [0.1, 0.15) is 56.9 Å². The van der Waals surface area contributed by atoms with Gasteiger partial charge in [0.05, 0.1) is 18.3 Å². The number of carbonyl (C=O) groups is 1. The molecule has 214 valence electrons. The average Bonchev–Trinajstić information content (AvgIpc) is 3.50. The summed E-state index contributed by atoms with van der Waals surface area (Å²) in [7, 11) is 3.21. The van der Waals surface area contributed by atoms with Crippen molar-refractivity contribution in [3.05, 3.63) is 82.2 Å². The van der Waals surface area contributed by atoms with E-state index in [-0.39, 0.29) is 17.8 Å². The number of unbranched alkanes of at least 4 members (excludes halogenated alkanes) is 1. The molecule has 0 unspecified atom stereocenters. The Morgan fingerprint density at radius 1 is 1.00 bits per heavy atom. The zero-order valence-corrected chi connectivity index (χ0v) is 25.0. The summed E-state index contributed by atoms with van der Waals surface area (Å²) in [6.07, 6.45) is 8.26. The standard InChI is InChI=1S/C32H38O5S3/c33-24(15-12-22-8-4-3-5-9-22)16-19-27-26(28(34)20-29(27)35)10-6-1-2-7-11-31(36)37-25-17-13-23(14-18-25)30-21-32(38)40-39-30/h1,3-6,8-9,13-14,17-18,21,24,26-29,33-35H,2,7,10-12,15-16,19-20H2/b6-1+/t24-,26-,27-,28+,29-/m1/s1. The molecule has 0 aliphatic heterocycles. The molecule has 2 aromatic carbocycles. The molecule has 3 aromatic rings. The monoisotopic (exact) mass is 598 g/mol. The zero-order chi connectivity index (χ0) is 28.3. The lowest BCUT2D eigenvalue weighted by molar-refractivity contribution is -0.134. The fourth-order valence-electron chi connectivity index (χ4n) is 5.39. The Labute approximate surface area is 249 Å². The van der Waals surface area contributed by atoms with Gasteiger partial charge in [-0.15, -0.1) is 0 Å². The quantitative estimate of drug-likeness (QED) is 0.0449. The first kappa shape index (κ1) is 30.8. The number of rotatable bonds is 14. The van der Waals surface area contributed by atoms with Gasteiger partial charge >= 0.3 is 5.97 Å². The van der Waals surface area contributed by atoms with Gasteiger partial charge in [-0.05, 0) is 105 Å². The van der Waals surface area contributed by atoms with E-state index in [4.69, 9.17) is 17.0 Å². The Kier molecular flexibility index (Phi) is 12.1. The fourth-order valence-corrected chi connectivity index (χ4v) is 7.79. The van der Waals surface area contributed by atoms with E-state index in [9.17, 15) is 20.1 Å². The van der Waals surface area contributed by atoms with Gasteiger partial charge in [0.1, 0.15) is 9.57 Å². The number of aliphatic hydroxyl groups excluding tert-OH is 3. The van der Waals surface area contributed by atoms with Crippen LogP contribution in [-0.4, -0.2) is 39.6 Å². The number of carbonyl (C=O) groups excluding carboxylic acids is 1. The summed E-state index contributed by atoms with van der Waals surface area (Å²) in [5.74, 6) is 0.236. The Balaban J connectivity index is 1.14. The lowest BCUT2D eigenvalue weighted by atomic mass is 9.85. The highest BCUT2D eigenvalue weighted by molar-refractivity contribution is 7.80. The fraction of sp³-hybridized carbons (Fsp3) is 0.438. The van der Waals surface area contributed by atoms with E-state index in [0.717, 1.165) is 27.1 Å². The molecule has 1 fully saturated rings. The largest absolute Gasteiger partial charge is 0.427 e. The van der Waals surface area contributed by atoms with Crippen molar-refractivity contribution in [2.75, 3.05) is 0 Å². The maximum Gasteiger partial charge on any atom is 0.311 e. The van der Waals surface area contributed by atoms with Crippen molar-refractivity contribution in [1.82, 2.24) is 0 Å². The lowest BCUT2D eigenvalue weighted by Gasteiger charge is -2.23. The molecule has 1 heterocycles. The molecule has 0 amide bonds. The smallest absolute Gasteiger partial charge is 0.311 e. The Hall–Kier alpha value is -2.20. The number of ether oxygens (including phenoxy) is 1. The number of allylic oxidation sites excluding steroid dienone is 2. The summed E-state index contributed by atoms with van der Waals surface area (Å²) < 4.78 is 6.33. The Bertz CT molecular complexity index is 1270. The molecule has 1 aliphatic carbocycles. The van der Waals surface area contributed by atoms with Crippen LogP contribution in [0.25, 0.3) is 10.4 Å². The highest BCUT2D eigenvalue weighted by atomic mass is 32.9. The van der Waals surface area contributed by atoms with Crippen LogP contribution in [0.4, 0.5) is 0 Å². The molecule has 5 atom stereocenters. The van der Waals surface area contributed by atoms with Gasteiger partial charge in [0.15, 0.2) is 0 Å². The molecule has 3 N–H and O–H groups in total. The van der Waals surface area contributed by atoms with Crippen molar-refractivity contribution in [3.8, 4) is 16.2 Å². The van der Waals surface area contributed by atoms with Crippen molar-refractivity contribution < 1.29 is 24.9 Å². The van der Waals surface area contributed by atoms with E-state index in [1.54, 1.807) is 32.8 Å². The number of hydrogen-bond acceptors (Lipinski definition) is 8. The van der Waals surface area contributed by atoms with Crippen LogP contribution in [0, 0.1) is 15.7 Å². The Morgan fingerprint density at radius 2 is 1.75 bits per heavy atom. The normalized spacial score (nSPS) is 21.6. The third-order valence-corrected chi connectivity index (χ3v) is 10.5. The molecule has 0 spiro atoms. The van der Waals surface area contributed by atoms with E-state index in [1.165, 1.54) is 5.56 Å². The highest BCUT2D eigenvalue weighted by Crippen LogP contribution is 2.38.